The molecule has 0 aliphatic heterocycles. The molecule has 23 heavy (non-hydrogen) atoms. The normalized spacial score (nSPS) is 11.3. The van der Waals surface area contributed by atoms with Gasteiger partial charge < -0.3 is 15.2 Å². The Morgan fingerprint density at radius 3 is 2.74 bits per heavy atom. The molecule has 0 atom stereocenters. The third-order valence-electron chi connectivity index (χ3n) is 3.53. The van der Waals surface area contributed by atoms with Crippen molar-refractivity contribution in [1.29, 1.82) is 0 Å². The van der Waals surface area contributed by atoms with Crippen LogP contribution in [0, 0.1) is 6.92 Å². The van der Waals surface area contributed by atoms with E-state index in [0.29, 0.717) is 0 Å². The van der Waals surface area contributed by atoms with Gasteiger partial charge in [0.2, 0.25) is 0 Å². The van der Waals surface area contributed by atoms with Crippen LogP contribution >= 0.6 is 24.0 Å². The summed E-state index contributed by atoms with van der Waals surface area (Å²) in [5.41, 5.74) is 2.29. The highest BCUT2D eigenvalue weighted by molar-refractivity contribution is 14.0. The summed E-state index contributed by atoms with van der Waals surface area (Å²) in [5.74, 6) is 1.99. The lowest BCUT2D eigenvalue weighted by Crippen LogP contribution is -2.38. The highest BCUT2D eigenvalue weighted by Crippen LogP contribution is 2.15. The molecule has 0 unspecified atom stereocenters. The maximum Gasteiger partial charge on any atom is 0.191 e. The van der Waals surface area contributed by atoms with Gasteiger partial charge in [-0.1, -0.05) is 19.1 Å². The van der Waals surface area contributed by atoms with Gasteiger partial charge in [0.05, 0.1) is 11.0 Å². The quantitative estimate of drug-likeness (QED) is 0.307. The van der Waals surface area contributed by atoms with Crippen LogP contribution in [0.25, 0.3) is 11.0 Å². The molecule has 0 bridgehead atoms. The van der Waals surface area contributed by atoms with E-state index in [2.05, 4.69) is 64.1 Å². The Kier molecular flexibility index (Phi) is 8.98. The predicted molar refractivity (Wildman–Crippen MR) is 109 cm³/mol. The highest BCUT2D eigenvalue weighted by atomic mass is 127. The Labute approximate surface area is 156 Å². The second-order valence-electron chi connectivity index (χ2n) is 5.34. The molecule has 2 N–H and O–H groups in total. The summed E-state index contributed by atoms with van der Waals surface area (Å²) in [6.45, 7) is 9.92. The fraction of sp³-hybridized carbons (Fsp3) is 0.529. The zero-order valence-corrected chi connectivity index (χ0v) is 16.6. The molecule has 0 aliphatic rings. The Hall–Kier alpha value is -1.31. The number of hydrogen-bond donors (Lipinski definition) is 2. The number of aromatic nitrogens is 2. The second kappa shape index (κ2) is 10.5. The Balaban J connectivity index is 0.00000264. The Morgan fingerprint density at radius 2 is 2.00 bits per heavy atom. The van der Waals surface area contributed by atoms with E-state index in [0.717, 1.165) is 56.3 Å². The van der Waals surface area contributed by atoms with Crippen LogP contribution in [0.4, 0.5) is 0 Å². The molecule has 128 valence electrons. The molecule has 5 nitrogen and oxygen atoms in total. The van der Waals surface area contributed by atoms with Gasteiger partial charge in [0.1, 0.15) is 5.82 Å². The van der Waals surface area contributed by atoms with Crippen LogP contribution in [-0.2, 0) is 6.54 Å². The lowest BCUT2D eigenvalue weighted by molar-refractivity contribution is 0.624. The Morgan fingerprint density at radius 1 is 1.22 bits per heavy atom. The molecule has 0 amide bonds. The first-order valence-electron chi connectivity index (χ1n) is 8.20. The molecule has 1 aromatic heterocycles. The van der Waals surface area contributed by atoms with Crippen molar-refractivity contribution in [3.8, 4) is 0 Å². The topological polar surface area (TPSA) is 54.2 Å². The number of aryl methyl sites for hydroxylation is 2. The molecule has 2 rings (SSSR count). The molecular formula is C17H28IN5. The summed E-state index contributed by atoms with van der Waals surface area (Å²) in [7, 11) is 0. The number of guanidine groups is 1. The van der Waals surface area contributed by atoms with Crippen LogP contribution < -0.4 is 10.6 Å². The number of aliphatic imine (C=N–C) groups is 1. The van der Waals surface area contributed by atoms with E-state index in [1.54, 1.807) is 0 Å². The minimum Gasteiger partial charge on any atom is -0.357 e. The summed E-state index contributed by atoms with van der Waals surface area (Å²) in [6.07, 6.45) is 2.11. The van der Waals surface area contributed by atoms with E-state index >= 15 is 0 Å². The van der Waals surface area contributed by atoms with Gasteiger partial charge in [-0.3, -0.25) is 4.99 Å². The summed E-state index contributed by atoms with van der Waals surface area (Å²) in [6, 6.07) is 8.31. The van der Waals surface area contributed by atoms with Crippen LogP contribution in [0.3, 0.4) is 0 Å². The van der Waals surface area contributed by atoms with Crippen molar-refractivity contribution in [2.75, 3.05) is 19.6 Å². The van der Waals surface area contributed by atoms with E-state index in [1.807, 2.05) is 6.07 Å². The van der Waals surface area contributed by atoms with Crippen molar-refractivity contribution in [1.82, 2.24) is 20.2 Å². The van der Waals surface area contributed by atoms with Gasteiger partial charge in [-0.05, 0) is 38.8 Å². The SMILES string of the molecule is CCCN=C(NCC)NCCCn1c(C)nc2ccccc21.I. The maximum atomic E-state index is 4.60. The van der Waals surface area contributed by atoms with Crippen molar-refractivity contribution in [2.24, 2.45) is 4.99 Å². The molecular weight excluding hydrogens is 401 g/mol. The molecule has 0 spiro atoms. The van der Waals surface area contributed by atoms with Crippen molar-refractivity contribution in [3.05, 3.63) is 30.1 Å². The minimum atomic E-state index is 0. The molecule has 1 heterocycles. The first-order valence-corrected chi connectivity index (χ1v) is 8.20. The number of imidazole rings is 1. The van der Waals surface area contributed by atoms with E-state index in [4.69, 9.17) is 0 Å². The smallest absolute Gasteiger partial charge is 0.191 e. The standard InChI is InChI=1S/C17H27N5.HI/c1-4-11-19-17(18-5-2)20-12-8-13-22-14(3)21-15-9-6-7-10-16(15)22;/h6-7,9-10H,4-5,8,11-13H2,1-3H3,(H2,18,19,20);1H. The lowest BCUT2D eigenvalue weighted by atomic mass is 10.3. The first kappa shape index (κ1) is 19.7. The van der Waals surface area contributed by atoms with Crippen LogP contribution in [0.2, 0.25) is 0 Å². The molecule has 0 aliphatic carbocycles. The lowest BCUT2D eigenvalue weighted by Gasteiger charge is -2.12. The summed E-state index contributed by atoms with van der Waals surface area (Å²) in [5, 5.41) is 6.66. The third kappa shape index (κ3) is 5.67. The van der Waals surface area contributed by atoms with Gasteiger partial charge in [-0.25, -0.2) is 4.98 Å². The zero-order valence-electron chi connectivity index (χ0n) is 14.3. The molecule has 0 radical (unpaired) electrons. The van der Waals surface area contributed by atoms with Crippen molar-refractivity contribution in [3.63, 3.8) is 0 Å². The van der Waals surface area contributed by atoms with Gasteiger partial charge in [0.25, 0.3) is 0 Å². The van der Waals surface area contributed by atoms with Crippen molar-refractivity contribution < 1.29 is 0 Å². The van der Waals surface area contributed by atoms with Crippen LogP contribution in [0.5, 0.6) is 0 Å². The average Bonchev–Trinajstić information content (AvgIpc) is 2.84. The van der Waals surface area contributed by atoms with Gasteiger partial charge in [-0.15, -0.1) is 24.0 Å². The number of nitrogens with zero attached hydrogens (tertiary/aromatic N) is 3. The maximum absolute atomic E-state index is 4.60. The van der Waals surface area contributed by atoms with Gasteiger partial charge in [0, 0.05) is 26.2 Å². The van der Waals surface area contributed by atoms with Gasteiger partial charge >= 0.3 is 0 Å². The van der Waals surface area contributed by atoms with Crippen LogP contribution in [0.1, 0.15) is 32.5 Å². The summed E-state index contributed by atoms with van der Waals surface area (Å²) in [4.78, 5) is 9.11. The van der Waals surface area contributed by atoms with Crippen LogP contribution in [0.15, 0.2) is 29.3 Å². The number of halogens is 1. The number of para-hydroxylation sites is 2. The molecule has 0 saturated carbocycles. The summed E-state index contributed by atoms with van der Waals surface area (Å²) >= 11 is 0. The predicted octanol–water partition coefficient (Wildman–Crippen LogP) is 3.32. The monoisotopic (exact) mass is 429 g/mol. The Bertz CT molecular complexity index is 620. The highest BCUT2D eigenvalue weighted by Gasteiger charge is 2.06. The van der Waals surface area contributed by atoms with Crippen LogP contribution in [-0.4, -0.2) is 35.1 Å². The van der Waals surface area contributed by atoms with Crippen molar-refractivity contribution in [2.45, 2.75) is 40.2 Å². The largest absolute Gasteiger partial charge is 0.357 e. The van der Waals surface area contributed by atoms with E-state index < -0.39 is 0 Å². The van der Waals surface area contributed by atoms with Crippen molar-refractivity contribution >= 4 is 41.0 Å². The number of hydrogen-bond acceptors (Lipinski definition) is 2. The fourth-order valence-electron chi connectivity index (χ4n) is 2.49. The first-order chi connectivity index (χ1) is 10.8. The summed E-state index contributed by atoms with van der Waals surface area (Å²) < 4.78 is 2.28. The fourth-order valence-corrected chi connectivity index (χ4v) is 2.49. The average molecular weight is 429 g/mol. The number of fused-ring (bicyclic) bond motifs is 1. The van der Waals surface area contributed by atoms with Gasteiger partial charge in [-0.2, -0.15) is 0 Å². The van der Waals surface area contributed by atoms with Gasteiger partial charge in [0.15, 0.2) is 5.96 Å². The third-order valence-corrected chi connectivity index (χ3v) is 3.53. The molecule has 0 saturated heterocycles. The van der Waals surface area contributed by atoms with E-state index in [9.17, 15) is 0 Å². The molecule has 1 aromatic carbocycles. The van der Waals surface area contributed by atoms with E-state index in [1.165, 1.54) is 5.52 Å². The molecule has 0 fully saturated rings. The molecule has 2 aromatic rings. The number of rotatable bonds is 7. The zero-order chi connectivity index (χ0) is 15.8. The number of nitrogens with one attached hydrogen (secondary N) is 2. The number of benzene rings is 1. The molecule has 6 heteroatoms. The van der Waals surface area contributed by atoms with E-state index in [-0.39, 0.29) is 24.0 Å². The second-order valence-corrected chi connectivity index (χ2v) is 5.34. The minimum absolute atomic E-state index is 0.